The van der Waals surface area contributed by atoms with Gasteiger partial charge in [-0.25, -0.2) is 4.39 Å². The zero-order valence-corrected chi connectivity index (χ0v) is 22.3. The fourth-order valence-corrected chi connectivity index (χ4v) is 5.62. The third-order valence-electron chi connectivity index (χ3n) is 6.65. The van der Waals surface area contributed by atoms with Crippen LogP contribution >= 0.6 is 23.4 Å². The summed E-state index contributed by atoms with van der Waals surface area (Å²) in [6.07, 6.45) is 4.55. The Kier molecular flexibility index (Phi) is 10.0. The summed E-state index contributed by atoms with van der Waals surface area (Å²) in [5.74, 6) is 0.302. The molecule has 37 heavy (non-hydrogen) atoms. The van der Waals surface area contributed by atoms with E-state index < -0.39 is 6.04 Å². The van der Waals surface area contributed by atoms with Crippen molar-refractivity contribution in [3.63, 3.8) is 0 Å². The Morgan fingerprint density at radius 1 is 0.919 bits per heavy atom. The molecule has 0 radical (unpaired) electrons. The summed E-state index contributed by atoms with van der Waals surface area (Å²) in [7, 11) is 0. The van der Waals surface area contributed by atoms with Crippen LogP contribution in [0.5, 0.6) is 0 Å². The first kappa shape index (κ1) is 27.2. The Labute approximate surface area is 227 Å². The van der Waals surface area contributed by atoms with Gasteiger partial charge in [0.15, 0.2) is 0 Å². The molecule has 194 valence electrons. The Balaban J connectivity index is 1.55. The van der Waals surface area contributed by atoms with Crippen LogP contribution < -0.4 is 5.32 Å². The summed E-state index contributed by atoms with van der Waals surface area (Å²) in [6, 6.07) is 22.9. The van der Waals surface area contributed by atoms with Gasteiger partial charge < -0.3 is 10.2 Å². The molecule has 7 heteroatoms. The molecule has 2 amide bonds. The van der Waals surface area contributed by atoms with Gasteiger partial charge >= 0.3 is 0 Å². The molecule has 3 aromatic carbocycles. The SMILES string of the molecule is O=C(NC1CCCC1)C(Cc1ccccc1)N(Cc1ccc(F)cc1)C(=O)CSCc1ccc(Cl)cc1. The lowest BCUT2D eigenvalue weighted by atomic mass is 10.0. The van der Waals surface area contributed by atoms with Crippen molar-refractivity contribution in [3.8, 4) is 0 Å². The molecule has 1 atom stereocenters. The first-order valence-electron chi connectivity index (χ1n) is 12.7. The van der Waals surface area contributed by atoms with E-state index >= 15 is 0 Å². The fourth-order valence-electron chi connectivity index (χ4n) is 4.63. The van der Waals surface area contributed by atoms with Gasteiger partial charge in [0, 0.05) is 29.8 Å². The quantitative estimate of drug-likeness (QED) is 0.307. The lowest BCUT2D eigenvalue weighted by Crippen LogP contribution is -2.52. The molecular formula is C30H32ClFN2O2S. The van der Waals surface area contributed by atoms with Crippen LogP contribution in [0.3, 0.4) is 0 Å². The van der Waals surface area contributed by atoms with Gasteiger partial charge in [0.1, 0.15) is 11.9 Å². The van der Waals surface area contributed by atoms with E-state index in [1.807, 2.05) is 54.6 Å². The van der Waals surface area contributed by atoms with Crippen LogP contribution in [0.2, 0.25) is 5.02 Å². The molecule has 0 aromatic heterocycles. The maximum Gasteiger partial charge on any atom is 0.243 e. The van der Waals surface area contributed by atoms with Crippen LogP contribution in [0.15, 0.2) is 78.9 Å². The zero-order valence-electron chi connectivity index (χ0n) is 20.7. The van der Waals surface area contributed by atoms with Gasteiger partial charge in [-0.3, -0.25) is 9.59 Å². The molecule has 4 rings (SSSR count). The largest absolute Gasteiger partial charge is 0.352 e. The molecule has 0 heterocycles. The molecule has 3 aromatic rings. The number of benzene rings is 3. The second-order valence-corrected chi connectivity index (χ2v) is 10.9. The highest BCUT2D eigenvalue weighted by Crippen LogP contribution is 2.22. The van der Waals surface area contributed by atoms with Crippen LogP contribution in [-0.4, -0.2) is 34.6 Å². The van der Waals surface area contributed by atoms with Crippen molar-refractivity contribution in [3.05, 3.63) is 106 Å². The Morgan fingerprint density at radius 2 is 1.57 bits per heavy atom. The van der Waals surface area contributed by atoms with E-state index in [0.29, 0.717) is 17.2 Å². The van der Waals surface area contributed by atoms with Crippen LogP contribution in [0.25, 0.3) is 0 Å². The van der Waals surface area contributed by atoms with Crippen LogP contribution in [-0.2, 0) is 28.3 Å². The number of carbonyl (C=O) groups excluding carboxylic acids is 2. The number of nitrogens with one attached hydrogen (secondary N) is 1. The van der Waals surface area contributed by atoms with Crippen LogP contribution in [0, 0.1) is 5.82 Å². The first-order chi connectivity index (χ1) is 18.0. The molecule has 1 aliphatic rings. The molecule has 1 unspecified atom stereocenters. The van der Waals surface area contributed by atoms with E-state index in [1.54, 1.807) is 17.0 Å². The second kappa shape index (κ2) is 13.6. The van der Waals surface area contributed by atoms with Crippen LogP contribution in [0.1, 0.15) is 42.4 Å². The van der Waals surface area contributed by atoms with Gasteiger partial charge in [-0.1, -0.05) is 79.0 Å². The molecule has 1 aliphatic carbocycles. The highest BCUT2D eigenvalue weighted by molar-refractivity contribution is 7.99. The third-order valence-corrected chi connectivity index (χ3v) is 7.89. The number of amides is 2. The Bertz CT molecular complexity index is 1150. The van der Waals surface area contributed by atoms with Gasteiger partial charge in [0.2, 0.25) is 11.8 Å². The average Bonchev–Trinajstić information content (AvgIpc) is 3.42. The standard InChI is InChI=1S/C30H32ClFN2O2S/c31-25-14-10-24(11-15-25)20-37-21-29(35)34(19-23-12-16-26(32)17-13-23)28(18-22-6-2-1-3-7-22)30(36)33-27-8-4-5-9-27/h1-3,6-7,10-17,27-28H,4-5,8-9,18-21H2,(H,33,36). The highest BCUT2D eigenvalue weighted by Gasteiger charge is 2.32. The maximum absolute atomic E-state index is 13.7. The maximum atomic E-state index is 13.7. The molecule has 0 aliphatic heterocycles. The highest BCUT2D eigenvalue weighted by atomic mass is 35.5. The van der Waals surface area contributed by atoms with Crippen molar-refractivity contribution in [2.24, 2.45) is 0 Å². The smallest absolute Gasteiger partial charge is 0.243 e. The van der Waals surface area contributed by atoms with Gasteiger partial charge in [0.25, 0.3) is 0 Å². The Morgan fingerprint density at radius 3 is 2.24 bits per heavy atom. The zero-order chi connectivity index (χ0) is 26.0. The van der Waals surface area contributed by atoms with Crippen molar-refractivity contribution in [1.29, 1.82) is 0 Å². The van der Waals surface area contributed by atoms with Crippen molar-refractivity contribution < 1.29 is 14.0 Å². The average molecular weight is 539 g/mol. The van der Waals surface area contributed by atoms with Crippen molar-refractivity contribution >= 4 is 35.2 Å². The predicted molar refractivity (Wildman–Crippen MR) is 149 cm³/mol. The molecule has 1 N–H and O–H groups in total. The van der Waals surface area contributed by atoms with Crippen molar-refractivity contribution in [2.45, 2.75) is 56.5 Å². The minimum Gasteiger partial charge on any atom is -0.352 e. The molecule has 0 spiro atoms. The molecular weight excluding hydrogens is 507 g/mol. The summed E-state index contributed by atoms with van der Waals surface area (Å²) >= 11 is 7.49. The molecule has 0 bridgehead atoms. The summed E-state index contributed by atoms with van der Waals surface area (Å²) < 4.78 is 13.6. The molecule has 1 fully saturated rings. The van der Waals surface area contributed by atoms with Crippen molar-refractivity contribution in [1.82, 2.24) is 10.2 Å². The summed E-state index contributed by atoms with van der Waals surface area (Å²) in [5, 5.41) is 3.88. The summed E-state index contributed by atoms with van der Waals surface area (Å²) in [5.41, 5.74) is 2.84. The molecule has 1 saturated carbocycles. The van der Waals surface area contributed by atoms with Gasteiger partial charge in [0.05, 0.1) is 5.75 Å². The Hall–Kier alpha value is -2.83. The monoisotopic (exact) mass is 538 g/mol. The summed E-state index contributed by atoms with van der Waals surface area (Å²) in [6.45, 7) is 0.232. The number of halogens is 2. The van der Waals surface area contributed by atoms with Crippen molar-refractivity contribution in [2.75, 3.05) is 5.75 Å². The second-order valence-electron chi connectivity index (χ2n) is 9.46. The number of carbonyl (C=O) groups is 2. The lowest BCUT2D eigenvalue weighted by molar-refractivity contribution is -0.139. The van der Waals surface area contributed by atoms with E-state index in [1.165, 1.54) is 23.9 Å². The lowest BCUT2D eigenvalue weighted by Gasteiger charge is -2.32. The summed E-state index contributed by atoms with van der Waals surface area (Å²) in [4.78, 5) is 29.0. The normalized spacial score (nSPS) is 14.3. The van der Waals surface area contributed by atoms with E-state index in [0.717, 1.165) is 42.4 Å². The van der Waals surface area contributed by atoms with Crippen LogP contribution in [0.4, 0.5) is 4.39 Å². The first-order valence-corrected chi connectivity index (χ1v) is 14.2. The minimum atomic E-state index is -0.670. The third kappa shape index (κ3) is 8.34. The van der Waals surface area contributed by atoms with Gasteiger partial charge in [-0.2, -0.15) is 0 Å². The van der Waals surface area contributed by atoms with Gasteiger partial charge in [-0.15, -0.1) is 11.8 Å². The molecule has 0 saturated heterocycles. The molecule has 4 nitrogen and oxygen atoms in total. The number of nitrogens with zero attached hydrogens (tertiary/aromatic N) is 1. The number of hydrogen-bond acceptors (Lipinski definition) is 3. The topological polar surface area (TPSA) is 49.4 Å². The van der Waals surface area contributed by atoms with E-state index in [4.69, 9.17) is 11.6 Å². The van der Waals surface area contributed by atoms with E-state index in [2.05, 4.69) is 5.32 Å². The number of hydrogen-bond donors (Lipinski definition) is 1. The number of thioether (sulfide) groups is 1. The van der Waals surface area contributed by atoms with E-state index in [9.17, 15) is 14.0 Å². The number of rotatable bonds is 11. The predicted octanol–water partition coefficient (Wildman–Crippen LogP) is 6.41. The van der Waals surface area contributed by atoms with E-state index in [-0.39, 0.29) is 36.0 Å². The fraction of sp³-hybridized carbons (Fsp3) is 0.333. The minimum absolute atomic E-state index is 0.120. The van der Waals surface area contributed by atoms with Gasteiger partial charge in [-0.05, 0) is 53.8 Å².